The second kappa shape index (κ2) is 7.31. The molecule has 5 nitrogen and oxygen atoms in total. The SMILES string of the molecule is CC(Oc1ccc(Cl)c(Cl)c1)C(=O)NC(CF)C(=O)O. The molecule has 0 saturated carbocycles. The number of ether oxygens (including phenoxy) is 1. The molecule has 0 aliphatic heterocycles. The molecule has 20 heavy (non-hydrogen) atoms. The monoisotopic (exact) mass is 323 g/mol. The zero-order valence-corrected chi connectivity index (χ0v) is 11.9. The van der Waals surface area contributed by atoms with E-state index in [1.165, 1.54) is 25.1 Å². The predicted octanol–water partition coefficient (Wildman–Crippen LogP) is 2.30. The predicted molar refractivity (Wildman–Crippen MR) is 72.1 cm³/mol. The van der Waals surface area contributed by atoms with Gasteiger partial charge in [0.15, 0.2) is 12.1 Å². The highest BCUT2D eigenvalue weighted by Gasteiger charge is 2.23. The summed E-state index contributed by atoms with van der Waals surface area (Å²) in [5.41, 5.74) is 0. The fourth-order valence-corrected chi connectivity index (χ4v) is 1.55. The molecule has 0 bridgehead atoms. The quantitative estimate of drug-likeness (QED) is 0.842. The molecule has 1 rings (SSSR count). The van der Waals surface area contributed by atoms with E-state index in [4.69, 9.17) is 33.0 Å². The van der Waals surface area contributed by atoms with Crippen LogP contribution in [-0.2, 0) is 9.59 Å². The summed E-state index contributed by atoms with van der Waals surface area (Å²) in [7, 11) is 0. The molecule has 0 saturated heterocycles. The van der Waals surface area contributed by atoms with Gasteiger partial charge in [0.25, 0.3) is 5.91 Å². The first kappa shape index (κ1) is 16.5. The number of nitrogens with one attached hydrogen (secondary N) is 1. The van der Waals surface area contributed by atoms with Crippen molar-refractivity contribution in [3.63, 3.8) is 0 Å². The van der Waals surface area contributed by atoms with Crippen LogP contribution in [0.3, 0.4) is 0 Å². The van der Waals surface area contributed by atoms with E-state index in [-0.39, 0.29) is 10.8 Å². The zero-order valence-electron chi connectivity index (χ0n) is 10.4. The number of benzene rings is 1. The van der Waals surface area contributed by atoms with E-state index in [1.807, 2.05) is 5.32 Å². The third kappa shape index (κ3) is 4.54. The van der Waals surface area contributed by atoms with Gasteiger partial charge < -0.3 is 15.2 Å². The molecule has 2 unspecified atom stereocenters. The molecule has 0 spiro atoms. The lowest BCUT2D eigenvalue weighted by molar-refractivity contribution is -0.143. The lowest BCUT2D eigenvalue weighted by atomic mass is 10.3. The van der Waals surface area contributed by atoms with E-state index in [9.17, 15) is 14.0 Å². The van der Waals surface area contributed by atoms with Gasteiger partial charge in [-0.05, 0) is 19.1 Å². The second-order valence-electron chi connectivity index (χ2n) is 3.89. The molecule has 0 aliphatic rings. The molecule has 2 N–H and O–H groups in total. The van der Waals surface area contributed by atoms with Crippen molar-refractivity contribution < 1.29 is 23.8 Å². The average molecular weight is 324 g/mol. The smallest absolute Gasteiger partial charge is 0.328 e. The van der Waals surface area contributed by atoms with Crippen molar-refractivity contribution >= 4 is 35.1 Å². The molecular formula is C12H12Cl2FNO4. The Kier molecular flexibility index (Phi) is 6.04. The third-order valence-corrected chi connectivity index (χ3v) is 3.08. The number of carbonyl (C=O) groups excluding carboxylic acids is 1. The molecule has 8 heteroatoms. The van der Waals surface area contributed by atoms with Crippen LogP contribution in [0.1, 0.15) is 6.92 Å². The zero-order chi connectivity index (χ0) is 15.3. The number of carboxylic acids is 1. The highest BCUT2D eigenvalue weighted by atomic mass is 35.5. The van der Waals surface area contributed by atoms with Crippen molar-refractivity contribution in [2.75, 3.05) is 6.67 Å². The topological polar surface area (TPSA) is 75.6 Å². The summed E-state index contributed by atoms with van der Waals surface area (Å²) in [5.74, 6) is -1.92. The molecule has 1 aromatic rings. The Balaban J connectivity index is 2.65. The van der Waals surface area contributed by atoms with Crippen LogP contribution in [0.2, 0.25) is 10.0 Å². The van der Waals surface area contributed by atoms with Gasteiger partial charge in [0.05, 0.1) is 10.0 Å². The van der Waals surface area contributed by atoms with E-state index in [0.717, 1.165) is 0 Å². The summed E-state index contributed by atoms with van der Waals surface area (Å²) < 4.78 is 17.7. The van der Waals surface area contributed by atoms with Crippen molar-refractivity contribution in [2.24, 2.45) is 0 Å². The summed E-state index contributed by atoms with van der Waals surface area (Å²) >= 11 is 11.5. The minimum atomic E-state index is -1.60. The van der Waals surface area contributed by atoms with Crippen molar-refractivity contribution in [1.82, 2.24) is 5.32 Å². The van der Waals surface area contributed by atoms with Crippen molar-refractivity contribution in [2.45, 2.75) is 19.1 Å². The highest BCUT2D eigenvalue weighted by Crippen LogP contribution is 2.26. The average Bonchev–Trinajstić information content (AvgIpc) is 2.39. The number of hydrogen-bond donors (Lipinski definition) is 2. The number of alkyl halides is 1. The number of halogens is 3. The minimum absolute atomic E-state index is 0.254. The summed E-state index contributed by atoms with van der Waals surface area (Å²) in [6.45, 7) is 0.190. The maximum Gasteiger partial charge on any atom is 0.328 e. The summed E-state index contributed by atoms with van der Waals surface area (Å²) in [6, 6.07) is 2.81. The first-order chi connectivity index (χ1) is 9.35. The third-order valence-electron chi connectivity index (χ3n) is 2.34. The lowest BCUT2D eigenvalue weighted by Gasteiger charge is -2.17. The van der Waals surface area contributed by atoms with E-state index in [1.54, 1.807) is 0 Å². The van der Waals surface area contributed by atoms with E-state index in [0.29, 0.717) is 5.02 Å². The normalized spacial score (nSPS) is 13.4. The standard InChI is InChI=1S/C12H12Cl2FNO4/c1-6(11(17)16-10(5-15)12(18)19)20-7-2-3-8(13)9(14)4-7/h2-4,6,10H,5H2,1H3,(H,16,17)(H,18,19). The van der Waals surface area contributed by atoms with Crippen LogP contribution in [0.25, 0.3) is 0 Å². The Morgan fingerprint density at radius 2 is 2.05 bits per heavy atom. The van der Waals surface area contributed by atoms with Crippen LogP contribution in [0.4, 0.5) is 4.39 Å². The van der Waals surface area contributed by atoms with Gasteiger partial charge in [0.2, 0.25) is 0 Å². The molecule has 2 atom stereocenters. The summed E-state index contributed by atoms with van der Waals surface area (Å²) in [4.78, 5) is 22.2. The number of carbonyl (C=O) groups is 2. The van der Waals surface area contributed by atoms with Crippen molar-refractivity contribution in [3.8, 4) is 5.75 Å². The number of aliphatic carboxylic acids is 1. The number of carboxylic acid groups (broad SMARTS) is 1. The first-order valence-electron chi connectivity index (χ1n) is 5.56. The fourth-order valence-electron chi connectivity index (χ4n) is 1.26. The van der Waals surface area contributed by atoms with E-state index in [2.05, 4.69) is 0 Å². The van der Waals surface area contributed by atoms with Gasteiger partial charge in [0.1, 0.15) is 12.4 Å². The van der Waals surface area contributed by atoms with E-state index < -0.39 is 30.7 Å². The Morgan fingerprint density at radius 3 is 2.55 bits per heavy atom. The van der Waals surface area contributed by atoms with Crippen LogP contribution < -0.4 is 10.1 Å². The highest BCUT2D eigenvalue weighted by molar-refractivity contribution is 6.42. The molecule has 0 radical (unpaired) electrons. The van der Waals surface area contributed by atoms with Crippen LogP contribution in [0.15, 0.2) is 18.2 Å². The maximum absolute atomic E-state index is 12.4. The molecule has 1 aromatic carbocycles. The summed E-state index contributed by atoms with van der Waals surface area (Å²) in [6.07, 6.45) is -1.01. The Hall–Kier alpha value is -1.53. The Labute approximate surface area is 124 Å². The first-order valence-corrected chi connectivity index (χ1v) is 6.31. The van der Waals surface area contributed by atoms with E-state index >= 15 is 0 Å². The van der Waals surface area contributed by atoms with Gasteiger partial charge in [-0.15, -0.1) is 0 Å². The Bertz CT molecular complexity index is 512. The van der Waals surface area contributed by atoms with Gasteiger partial charge in [0, 0.05) is 6.07 Å². The number of amides is 1. The Morgan fingerprint density at radius 1 is 1.40 bits per heavy atom. The van der Waals surface area contributed by atoms with Crippen molar-refractivity contribution in [3.05, 3.63) is 28.2 Å². The van der Waals surface area contributed by atoms with Crippen molar-refractivity contribution in [1.29, 1.82) is 0 Å². The van der Waals surface area contributed by atoms with Crippen LogP contribution in [0.5, 0.6) is 5.75 Å². The molecular weight excluding hydrogens is 312 g/mol. The largest absolute Gasteiger partial charge is 0.481 e. The maximum atomic E-state index is 12.4. The van der Waals surface area contributed by atoms with Gasteiger partial charge in [-0.25, -0.2) is 9.18 Å². The van der Waals surface area contributed by atoms with Gasteiger partial charge >= 0.3 is 5.97 Å². The number of rotatable bonds is 6. The molecule has 0 aromatic heterocycles. The summed E-state index contributed by atoms with van der Waals surface area (Å²) in [5, 5.41) is 11.2. The molecule has 1 amide bonds. The second-order valence-corrected chi connectivity index (χ2v) is 4.70. The van der Waals surface area contributed by atoms with Crippen LogP contribution in [-0.4, -0.2) is 35.8 Å². The fraction of sp³-hybridized carbons (Fsp3) is 0.333. The van der Waals surface area contributed by atoms with Gasteiger partial charge in [-0.1, -0.05) is 23.2 Å². The molecule has 0 heterocycles. The number of hydrogen-bond acceptors (Lipinski definition) is 3. The molecule has 0 aliphatic carbocycles. The van der Waals surface area contributed by atoms with Gasteiger partial charge in [-0.2, -0.15) is 0 Å². The lowest BCUT2D eigenvalue weighted by Crippen LogP contribution is -2.47. The minimum Gasteiger partial charge on any atom is -0.481 e. The van der Waals surface area contributed by atoms with Gasteiger partial charge in [-0.3, -0.25) is 4.79 Å². The molecule has 110 valence electrons. The van der Waals surface area contributed by atoms with Crippen LogP contribution >= 0.6 is 23.2 Å². The van der Waals surface area contributed by atoms with Crippen LogP contribution in [0, 0.1) is 0 Å². The molecule has 0 fully saturated rings.